The summed E-state index contributed by atoms with van der Waals surface area (Å²) in [7, 11) is -2.98. The number of carbonyl (C=O) groups excluding carboxylic acids is 1. The number of rotatable bonds is 6. The summed E-state index contributed by atoms with van der Waals surface area (Å²) in [6, 6.07) is 10.2. The molecule has 25 heavy (non-hydrogen) atoms. The zero-order valence-corrected chi connectivity index (χ0v) is 16.4. The molecule has 1 aromatic carbocycles. The van der Waals surface area contributed by atoms with E-state index in [2.05, 4.69) is 22.3 Å². The molecule has 1 aliphatic heterocycles. The SMILES string of the molecule is CC1(C(=O)N[C@H]2CN(CCS(C)(=O)=O)C[C@@H]2c2ccccc2)CC1.Cl. The highest BCUT2D eigenvalue weighted by Gasteiger charge is 2.46. The van der Waals surface area contributed by atoms with Gasteiger partial charge in [0, 0.05) is 43.3 Å². The second-order valence-electron chi connectivity index (χ2n) is 7.55. The highest BCUT2D eigenvalue weighted by atomic mass is 35.5. The van der Waals surface area contributed by atoms with Crippen molar-refractivity contribution in [1.82, 2.24) is 10.2 Å². The average Bonchev–Trinajstić information content (AvgIpc) is 3.16. The molecule has 2 fully saturated rings. The Bertz CT molecular complexity index is 704. The molecule has 2 atom stereocenters. The molecule has 0 bridgehead atoms. The lowest BCUT2D eigenvalue weighted by atomic mass is 9.94. The molecule has 5 nitrogen and oxygen atoms in total. The fourth-order valence-corrected chi connectivity index (χ4v) is 3.89. The third kappa shape index (κ3) is 5.19. The van der Waals surface area contributed by atoms with E-state index in [-0.39, 0.29) is 41.4 Å². The predicted molar refractivity (Wildman–Crippen MR) is 102 cm³/mol. The van der Waals surface area contributed by atoms with E-state index in [0.717, 1.165) is 19.4 Å². The van der Waals surface area contributed by atoms with E-state index in [9.17, 15) is 13.2 Å². The highest BCUT2D eigenvalue weighted by molar-refractivity contribution is 7.90. The van der Waals surface area contributed by atoms with Gasteiger partial charge in [-0.25, -0.2) is 8.42 Å². The smallest absolute Gasteiger partial charge is 0.226 e. The summed E-state index contributed by atoms with van der Waals surface area (Å²) < 4.78 is 22.9. The third-order valence-corrected chi connectivity index (χ3v) is 6.19. The van der Waals surface area contributed by atoms with Crippen molar-refractivity contribution < 1.29 is 13.2 Å². The zero-order chi connectivity index (χ0) is 17.4. The van der Waals surface area contributed by atoms with Crippen molar-refractivity contribution in [3.05, 3.63) is 35.9 Å². The lowest BCUT2D eigenvalue weighted by Gasteiger charge is -2.22. The van der Waals surface area contributed by atoms with Crippen LogP contribution >= 0.6 is 12.4 Å². The first kappa shape index (κ1) is 20.2. The number of amides is 1. The number of halogens is 1. The van der Waals surface area contributed by atoms with Gasteiger partial charge >= 0.3 is 0 Å². The fourth-order valence-electron chi connectivity index (χ4n) is 3.30. The molecule has 0 aromatic heterocycles. The number of hydrogen-bond donors (Lipinski definition) is 1. The van der Waals surface area contributed by atoms with Crippen LogP contribution in [0, 0.1) is 5.41 Å². The van der Waals surface area contributed by atoms with Crippen LogP contribution in [0.4, 0.5) is 0 Å². The van der Waals surface area contributed by atoms with Gasteiger partial charge in [-0.2, -0.15) is 0 Å². The van der Waals surface area contributed by atoms with Crippen molar-refractivity contribution >= 4 is 28.2 Å². The summed E-state index contributed by atoms with van der Waals surface area (Å²) in [5.74, 6) is 0.503. The summed E-state index contributed by atoms with van der Waals surface area (Å²) in [6.07, 6.45) is 3.18. The van der Waals surface area contributed by atoms with Crippen LogP contribution in [0.1, 0.15) is 31.2 Å². The first-order valence-corrected chi connectivity index (χ1v) is 10.6. The van der Waals surface area contributed by atoms with Gasteiger partial charge in [-0.05, 0) is 18.4 Å². The van der Waals surface area contributed by atoms with Gasteiger partial charge in [0.05, 0.1) is 5.75 Å². The van der Waals surface area contributed by atoms with Crippen LogP contribution in [0.25, 0.3) is 0 Å². The topological polar surface area (TPSA) is 66.5 Å². The molecule has 1 aromatic rings. The van der Waals surface area contributed by atoms with Crippen LogP contribution in [0.2, 0.25) is 0 Å². The molecule has 1 aliphatic carbocycles. The molecule has 1 saturated heterocycles. The monoisotopic (exact) mass is 386 g/mol. The minimum atomic E-state index is -2.98. The Kier molecular flexibility index (Phi) is 6.17. The predicted octanol–water partition coefficient (Wildman–Crippen LogP) is 1.84. The molecule has 0 unspecified atom stereocenters. The average molecular weight is 387 g/mol. The van der Waals surface area contributed by atoms with Crippen LogP contribution in [0.3, 0.4) is 0 Å². The van der Waals surface area contributed by atoms with E-state index in [4.69, 9.17) is 0 Å². The Balaban J connectivity index is 0.00000225. The summed E-state index contributed by atoms with van der Waals surface area (Å²) >= 11 is 0. The lowest BCUT2D eigenvalue weighted by molar-refractivity contribution is -0.126. The summed E-state index contributed by atoms with van der Waals surface area (Å²) in [6.45, 7) is 4.01. The maximum Gasteiger partial charge on any atom is 0.226 e. The third-order valence-electron chi connectivity index (χ3n) is 5.27. The molecular formula is C18H27ClN2O3S. The van der Waals surface area contributed by atoms with Gasteiger partial charge in [0.15, 0.2) is 0 Å². The molecular weight excluding hydrogens is 360 g/mol. The second kappa shape index (κ2) is 7.64. The van der Waals surface area contributed by atoms with Crippen molar-refractivity contribution in [3.63, 3.8) is 0 Å². The standard InChI is InChI=1S/C18H26N2O3S.ClH/c1-18(8-9-18)17(21)19-16-13-20(10-11-24(2,22)23)12-15(16)14-6-4-3-5-7-14;/h3-7,15-16H,8-13H2,1-2H3,(H,19,21);1H/t15-,16+;/m1./s1. The molecule has 1 amide bonds. The van der Waals surface area contributed by atoms with E-state index in [1.165, 1.54) is 11.8 Å². The number of nitrogens with zero attached hydrogens (tertiary/aromatic N) is 1. The van der Waals surface area contributed by atoms with Gasteiger partial charge in [-0.15, -0.1) is 12.4 Å². The number of sulfone groups is 1. The molecule has 0 radical (unpaired) electrons. The summed E-state index contributed by atoms with van der Waals surface area (Å²) in [4.78, 5) is 14.6. The number of nitrogens with one attached hydrogen (secondary N) is 1. The Hall–Kier alpha value is -1.11. The molecule has 2 aliphatic rings. The fraction of sp³-hybridized carbons (Fsp3) is 0.611. The van der Waals surface area contributed by atoms with Crippen LogP contribution in [-0.2, 0) is 14.6 Å². The van der Waals surface area contributed by atoms with Crippen LogP contribution in [0.5, 0.6) is 0 Å². The van der Waals surface area contributed by atoms with Gasteiger partial charge < -0.3 is 5.32 Å². The zero-order valence-electron chi connectivity index (χ0n) is 14.8. The normalized spacial score (nSPS) is 25.2. The van der Waals surface area contributed by atoms with E-state index >= 15 is 0 Å². The minimum Gasteiger partial charge on any atom is -0.351 e. The molecule has 1 N–H and O–H groups in total. The molecule has 140 valence electrons. The molecule has 1 heterocycles. The number of hydrogen-bond acceptors (Lipinski definition) is 4. The largest absolute Gasteiger partial charge is 0.351 e. The summed E-state index contributed by atoms with van der Waals surface area (Å²) in [5.41, 5.74) is 1.01. The highest BCUT2D eigenvalue weighted by Crippen LogP contribution is 2.45. The Morgan fingerprint density at radius 3 is 2.44 bits per heavy atom. The van der Waals surface area contributed by atoms with Gasteiger partial charge in [-0.1, -0.05) is 37.3 Å². The molecule has 3 rings (SSSR count). The summed E-state index contributed by atoms with van der Waals surface area (Å²) in [5, 5.41) is 3.23. The number of benzene rings is 1. The van der Waals surface area contributed by atoms with E-state index < -0.39 is 9.84 Å². The molecule has 7 heteroatoms. The van der Waals surface area contributed by atoms with Gasteiger partial charge in [0.1, 0.15) is 9.84 Å². The first-order chi connectivity index (χ1) is 11.3. The number of carbonyl (C=O) groups is 1. The lowest BCUT2D eigenvalue weighted by Crippen LogP contribution is -2.43. The maximum atomic E-state index is 12.5. The van der Waals surface area contributed by atoms with Gasteiger partial charge in [0.2, 0.25) is 5.91 Å². The van der Waals surface area contributed by atoms with Crippen LogP contribution < -0.4 is 5.32 Å². The van der Waals surface area contributed by atoms with Crippen LogP contribution in [-0.4, -0.2) is 56.9 Å². The molecule has 1 saturated carbocycles. The van der Waals surface area contributed by atoms with E-state index in [0.29, 0.717) is 13.1 Å². The first-order valence-electron chi connectivity index (χ1n) is 8.53. The van der Waals surface area contributed by atoms with Gasteiger partial charge in [-0.3, -0.25) is 9.69 Å². The second-order valence-corrected chi connectivity index (χ2v) is 9.81. The Morgan fingerprint density at radius 2 is 1.88 bits per heavy atom. The van der Waals surface area contributed by atoms with Crippen LogP contribution in [0.15, 0.2) is 30.3 Å². The minimum absolute atomic E-state index is 0. The van der Waals surface area contributed by atoms with E-state index in [1.807, 2.05) is 25.1 Å². The van der Waals surface area contributed by atoms with Crippen molar-refractivity contribution in [2.45, 2.75) is 31.7 Å². The van der Waals surface area contributed by atoms with Crippen molar-refractivity contribution in [3.8, 4) is 0 Å². The van der Waals surface area contributed by atoms with E-state index in [1.54, 1.807) is 0 Å². The van der Waals surface area contributed by atoms with Crippen molar-refractivity contribution in [1.29, 1.82) is 0 Å². The number of likely N-dealkylation sites (tertiary alicyclic amines) is 1. The van der Waals surface area contributed by atoms with Crippen molar-refractivity contribution in [2.24, 2.45) is 5.41 Å². The maximum absolute atomic E-state index is 12.5. The van der Waals surface area contributed by atoms with Crippen molar-refractivity contribution in [2.75, 3.05) is 31.6 Å². The Morgan fingerprint density at radius 1 is 1.24 bits per heavy atom. The Labute approximate surface area is 156 Å². The quantitative estimate of drug-likeness (QED) is 0.810. The van der Waals surface area contributed by atoms with Gasteiger partial charge in [0.25, 0.3) is 0 Å². The molecule has 0 spiro atoms.